The van der Waals surface area contributed by atoms with Crippen LogP contribution in [-0.2, 0) is 24.4 Å². The van der Waals surface area contributed by atoms with Crippen LogP contribution in [0.1, 0.15) is 47.7 Å². The second-order valence-electron chi connectivity index (χ2n) is 9.31. The van der Waals surface area contributed by atoms with Gasteiger partial charge < -0.3 is 19.4 Å². The molecule has 1 N–H and O–H groups in total. The van der Waals surface area contributed by atoms with Gasteiger partial charge in [-0.1, -0.05) is 13.3 Å². The molecule has 3 unspecified atom stereocenters. The summed E-state index contributed by atoms with van der Waals surface area (Å²) in [5, 5.41) is 2.63. The first kappa shape index (κ1) is 23.3. The van der Waals surface area contributed by atoms with Crippen molar-refractivity contribution in [2.75, 3.05) is 5.32 Å². The van der Waals surface area contributed by atoms with Crippen molar-refractivity contribution in [3.63, 3.8) is 0 Å². The maximum atomic E-state index is 13.2. The smallest absolute Gasteiger partial charge is 0.416 e. The monoisotopic (exact) mass is 508 g/mol. The zero-order valence-corrected chi connectivity index (χ0v) is 20.0. The van der Waals surface area contributed by atoms with Crippen LogP contribution in [0, 0.1) is 0 Å². The van der Waals surface area contributed by atoms with Crippen LogP contribution in [0.15, 0.2) is 48.7 Å². The molecule has 0 radical (unpaired) electrons. The molecule has 7 nitrogen and oxygen atoms in total. The fourth-order valence-electron chi connectivity index (χ4n) is 5.26. The minimum atomic E-state index is -4.41. The van der Waals surface area contributed by atoms with Crippen LogP contribution >= 0.6 is 0 Å². The van der Waals surface area contributed by atoms with E-state index in [4.69, 9.17) is 9.47 Å². The fraction of sp³-hybridized carbons (Fsp3) is 0.296. The second-order valence-corrected chi connectivity index (χ2v) is 9.31. The van der Waals surface area contributed by atoms with Gasteiger partial charge in [0, 0.05) is 30.3 Å². The van der Waals surface area contributed by atoms with Gasteiger partial charge in [0.25, 0.3) is 0 Å². The number of ether oxygens (including phenoxy) is 2. The number of alkyl halides is 3. The third kappa shape index (κ3) is 3.87. The summed E-state index contributed by atoms with van der Waals surface area (Å²) in [6.45, 7) is 2.03. The molecule has 1 fully saturated rings. The van der Waals surface area contributed by atoms with E-state index in [-0.39, 0.29) is 17.9 Å². The molecule has 6 rings (SSSR count). The second kappa shape index (κ2) is 8.50. The molecule has 1 aliphatic carbocycles. The highest BCUT2D eigenvalue weighted by molar-refractivity contribution is 5.77. The number of carbonyl (C=O) groups excluding carboxylic acids is 1. The number of nitrogens with zero attached hydrogens (tertiary/aromatic N) is 3. The number of aromatic nitrogens is 3. The summed E-state index contributed by atoms with van der Waals surface area (Å²) in [5.74, 6) is 3.14. The number of nitrogens with one attached hydrogen (secondary N) is 1. The first-order valence-electron chi connectivity index (χ1n) is 12.0. The van der Waals surface area contributed by atoms with Gasteiger partial charge in [0.15, 0.2) is 0 Å². The number of amides is 1. The largest absolute Gasteiger partial charge is 0.489 e. The molecular formula is C27H23F3N4O3. The molecule has 1 amide bonds. The summed E-state index contributed by atoms with van der Waals surface area (Å²) in [4.78, 5) is 19.9. The summed E-state index contributed by atoms with van der Waals surface area (Å²) in [6, 6.07) is 11.0. The number of hydrogen-bond donors (Lipinski definition) is 1. The first-order valence-corrected chi connectivity index (χ1v) is 12.0. The number of rotatable bonds is 7. The molecule has 2 aliphatic rings. The van der Waals surface area contributed by atoms with E-state index >= 15 is 0 Å². The van der Waals surface area contributed by atoms with E-state index in [1.165, 1.54) is 6.07 Å². The van der Waals surface area contributed by atoms with E-state index in [0.717, 1.165) is 35.4 Å². The topological polar surface area (TPSA) is 78.3 Å². The normalized spacial score (nSPS) is 19.8. The van der Waals surface area contributed by atoms with E-state index in [2.05, 4.69) is 15.3 Å². The Balaban J connectivity index is 1.29. The van der Waals surface area contributed by atoms with Gasteiger partial charge >= 0.3 is 6.18 Å². The quantitative estimate of drug-likeness (QED) is 0.313. The van der Waals surface area contributed by atoms with E-state index in [1.54, 1.807) is 23.9 Å². The van der Waals surface area contributed by atoms with Gasteiger partial charge in [-0.2, -0.15) is 13.2 Å². The Morgan fingerprint density at radius 2 is 2.00 bits per heavy atom. The lowest BCUT2D eigenvalue weighted by Gasteiger charge is -2.15. The Kier molecular flexibility index (Phi) is 5.36. The van der Waals surface area contributed by atoms with Crippen molar-refractivity contribution in [2.24, 2.45) is 7.05 Å². The summed E-state index contributed by atoms with van der Waals surface area (Å²) >= 11 is 0. The summed E-state index contributed by atoms with van der Waals surface area (Å²) < 4.78 is 53.7. The number of hydrogen-bond acceptors (Lipinski definition) is 5. The maximum Gasteiger partial charge on any atom is 0.416 e. The molecule has 2 aromatic carbocycles. The lowest BCUT2D eigenvalue weighted by atomic mass is 10.1. The number of aryl methyl sites for hydroxylation is 1. The van der Waals surface area contributed by atoms with Crippen molar-refractivity contribution in [1.82, 2.24) is 14.5 Å². The average Bonchev–Trinajstić information content (AvgIpc) is 3.28. The Bertz CT molecular complexity index is 1530. The number of fused-ring (bicyclic) bond motifs is 4. The van der Waals surface area contributed by atoms with Gasteiger partial charge in [-0.15, -0.1) is 0 Å². The third-order valence-corrected chi connectivity index (χ3v) is 7.03. The molecule has 0 saturated heterocycles. The number of halogens is 3. The Labute approximate surface area is 210 Å². The average molecular weight is 509 g/mol. The molecule has 1 saturated carbocycles. The number of pyridine rings is 1. The molecule has 1 aliphatic heterocycles. The molecule has 3 atom stereocenters. The van der Waals surface area contributed by atoms with Crippen molar-refractivity contribution in [2.45, 2.75) is 43.9 Å². The Morgan fingerprint density at radius 3 is 2.76 bits per heavy atom. The van der Waals surface area contributed by atoms with Crippen LogP contribution < -0.4 is 14.8 Å². The highest BCUT2D eigenvalue weighted by Gasteiger charge is 2.61. The van der Waals surface area contributed by atoms with Crippen molar-refractivity contribution in [1.29, 1.82) is 0 Å². The van der Waals surface area contributed by atoms with E-state index in [9.17, 15) is 18.0 Å². The molecule has 190 valence electrons. The number of benzene rings is 2. The van der Waals surface area contributed by atoms with Crippen molar-refractivity contribution >= 4 is 23.3 Å². The van der Waals surface area contributed by atoms with Crippen LogP contribution in [0.3, 0.4) is 0 Å². The minimum Gasteiger partial charge on any atom is -0.489 e. The molecule has 0 bridgehead atoms. The van der Waals surface area contributed by atoms with Gasteiger partial charge in [0.05, 0.1) is 22.5 Å². The van der Waals surface area contributed by atoms with Gasteiger partial charge in [-0.05, 0) is 48.9 Å². The zero-order chi connectivity index (χ0) is 25.9. The van der Waals surface area contributed by atoms with Crippen LogP contribution in [0.25, 0.3) is 11.0 Å². The first-order chi connectivity index (χ1) is 17.8. The molecule has 3 heterocycles. The molecule has 4 aromatic rings. The summed E-state index contributed by atoms with van der Waals surface area (Å²) in [7, 11) is 1.74. The minimum absolute atomic E-state index is 0.0380. The van der Waals surface area contributed by atoms with Crippen LogP contribution in [0.5, 0.6) is 17.2 Å². The molecule has 2 aromatic heterocycles. The Hall–Kier alpha value is -4.08. The zero-order valence-electron chi connectivity index (χ0n) is 20.0. The van der Waals surface area contributed by atoms with Crippen molar-refractivity contribution < 1.29 is 27.4 Å². The number of carbonyl (C=O) groups is 1. The third-order valence-electron chi connectivity index (χ3n) is 7.03. The Morgan fingerprint density at radius 1 is 1.16 bits per heavy atom. The van der Waals surface area contributed by atoms with Crippen LogP contribution in [0.4, 0.5) is 19.0 Å². The van der Waals surface area contributed by atoms with Gasteiger partial charge in [0.1, 0.15) is 35.0 Å². The predicted octanol–water partition coefficient (Wildman–Crippen LogP) is 5.94. The van der Waals surface area contributed by atoms with Crippen LogP contribution in [-0.4, -0.2) is 27.0 Å². The maximum absolute atomic E-state index is 13.2. The lowest BCUT2D eigenvalue weighted by molar-refractivity contribution is -0.137. The molecule has 0 spiro atoms. The van der Waals surface area contributed by atoms with Gasteiger partial charge in [-0.3, -0.25) is 4.79 Å². The molecule has 10 heteroatoms. The van der Waals surface area contributed by atoms with Crippen molar-refractivity contribution in [3.8, 4) is 17.2 Å². The lowest BCUT2D eigenvalue weighted by Crippen LogP contribution is -2.06. The van der Waals surface area contributed by atoms with Gasteiger partial charge in [-0.25, -0.2) is 9.97 Å². The van der Waals surface area contributed by atoms with Crippen molar-refractivity contribution in [3.05, 3.63) is 71.2 Å². The van der Waals surface area contributed by atoms with Gasteiger partial charge in [0.2, 0.25) is 6.41 Å². The van der Waals surface area contributed by atoms with E-state index in [0.29, 0.717) is 47.0 Å². The SMILES string of the molecule is CCCc1c(Oc2ccc3c(c2)C2C(O3)C2c2nc3ccc(C(F)(F)F)cc3n2C)ccnc1NC=O. The van der Waals surface area contributed by atoms with Crippen LogP contribution in [0.2, 0.25) is 0 Å². The summed E-state index contributed by atoms with van der Waals surface area (Å²) in [6.07, 6.45) is -0.827. The fourth-order valence-corrected chi connectivity index (χ4v) is 5.26. The number of imidazole rings is 1. The van der Waals surface area contributed by atoms with E-state index < -0.39 is 11.7 Å². The number of anilines is 1. The highest BCUT2D eigenvalue weighted by Crippen LogP contribution is 2.63. The predicted molar refractivity (Wildman–Crippen MR) is 130 cm³/mol. The van der Waals surface area contributed by atoms with E-state index in [1.807, 2.05) is 25.1 Å². The standard InChI is InChI=1S/C27H23F3N4O3/c1-3-4-16-21(9-10-31-25(16)32-13-35)36-15-6-8-20-17(12-15)22-23(24(22)37-20)26-33-18-7-5-14(27(28,29)30)11-19(18)34(26)2/h5-13,22-24H,3-4H2,1-2H3,(H,31,32,35). The molecule has 37 heavy (non-hydrogen) atoms. The molecular weight excluding hydrogens is 485 g/mol. The highest BCUT2D eigenvalue weighted by atomic mass is 19.4. The summed E-state index contributed by atoms with van der Waals surface area (Å²) in [5.41, 5.74) is 2.06.